The Hall–Kier alpha value is -1.40. The first kappa shape index (κ1) is 17.9. The number of unbranched alkanes of at least 4 members (excludes halogenated alkanes) is 1. The molecular weight excluding hydrogens is 312 g/mol. The summed E-state index contributed by atoms with van der Waals surface area (Å²) in [5, 5.41) is 5.74. The fourth-order valence-corrected chi connectivity index (χ4v) is 3.74. The van der Waals surface area contributed by atoms with E-state index in [-0.39, 0.29) is 11.6 Å². The number of hydrogen-bond acceptors (Lipinski definition) is 4. The van der Waals surface area contributed by atoms with Crippen LogP contribution in [0.2, 0.25) is 0 Å². The minimum absolute atomic E-state index is 0.210. The number of amides is 2. The number of carbonyl (C=O) groups excluding carboxylic acids is 1. The topological polar surface area (TPSA) is 59.6 Å². The van der Waals surface area contributed by atoms with E-state index >= 15 is 0 Å². The van der Waals surface area contributed by atoms with E-state index < -0.39 is 0 Å². The predicted molar refractivity (Wildman–Crippen MR) is 95.5 cm³/mol. The predicted octanol–water partition coefficient (Wildman–Crippen LogP) is 3.51. The van der Waals surface area contributed by atoms with Gasteiger partial charge in [0.05, 0.1) is 12.2 Å². The molecule has 6 heteroatoms. The molecule has 128 valence electrons. The largest absolute Gasteiger partial charge is 0.494 e. The normalized spacial score (nSPS) is 20.3. The molecule has 1 heterocycles. The molecule has 1 fully saturated rings. The van der Waals surface area contributed by atoms with Crippen molar-refractivity contribution >= 4 is 23.5 Å². The van der Waals surface area contributed by atoms with E-state index in [0.29, 0.717) is 6.54 Å². The van der Waals surface area contributed by atoms with E-state index in [1.54, 1.807) is 7.11 Å². The van der Waals surface area contributed by atoms with Crippen molar-refractivity contribution < 1.29 is 14.3 Å². The van der Waals surface area contributed by atoms with E-state index in [2.05, 4.69) is 17.6 Å². The SMILES string of the molecule is CCCCOc1ccc(NC(=O)NCC2(OC)CCSC2)cc1. The first-order chi connectivity index (χ1) is 11.2. The monoisotopic (exact) mass is 338 g/mol. The van der Waals surface area contributed by atoms with Crippen LogP contribution >= 0.6 is 11.8 Å². The van der Waals surface area contributed by atoms with Crippen molar-refractivity contribution in [3.8, 4) is 5.75 Å². The quantitative estimate of drug-likeness (QED) is 0.712. The summed E-state index contributed by atoms with van der Waals surface area (Å²) < 4.78 is 11.2. The van der Waals surface area contributed by atoms with Gasteiger partial charge in [-0.2, -0.15) is 11.8 Å². The van der Waals surface area contributed by atoms with Crippen molar-refractivity contribution in [2.45, 2.75) is 31.8 Å². The van der Waals surface area contributed by atoms with Gasteiger partial charge in [0, 0.05) is 25.1 Å². The maximum Gasteiger partial charge on any atom is 0.319 e. The fraction of sp³-hybridized carbons (Fsp3) is 0.588. The molecule has 1 unspecified atom stereocenters. The van der Waals surface area contributed by atoms with Crippen molar-refractivity contribution in [1.82, 2.24) is 5.32 Å². The minimum Gasteiger partial charge on any atom is -0.494 e. The number of nitrogens with one attached hydrogen (secondary N) is 2. The Morgan fingerprint density at radius 2 is 2.13 bits per heavy atom. The lowest BCUT2D eigenvalue weighted by Crippen LogP contribution is -2.45. The van der Waals surface area contributed by atoms with Crippen LogP contribution in [0.1, 0.15) is 26.2 Å². The zero-order valence-electron chi connectivity index (χ0n) is 13.9. The molecule has 0 aromatic heterocycles. The van der Waals surface area contributed by atoms with Crippen LogP contribution in [-0.4, -0.2) is 43.4 Å². The van der Waals surface area contributed by atoms with Gasteiger partial charge in [-0.1, -0.05) is 13.3 Å². The summed E-state index contributed by atoms with van der Waals surface area (Å²) in [6.45, 7) is 3.38. The number of ether oxygens (including phenoxy) is 2. The maximum absolute atomic E-state index is 12.0. The van der Waals surface area contributed by atoms with Gasteiger partial charge in [0.25, 0.3) is 0 Å². The summed E-state index contributed by atoms with van der Waals surface area (Å²) in [5.74, 6) is 2.83. The average Bonchev–Trinajstić information content (AvgIpc) is 3.04. The number of rotatable bonds is 8. The van der Waals surface area contributed by atoms with Crippen LogP contribution in [0.15, 0.2) is 24.3 Å². The number of urea groups is 1. The molecular formula is C17H26N2O3S. The van der Waals surface area contributed by atoms with E-state index in [4.69, 9.17) is 9.47 Å². The molecule has 1 aromatic rings. The molecule has 0 radical (unpaired) electrons. The molecule has 23 heavy (non-hydrogen) atoms. The highest BCUT2D eigenvalue weighted by molar-refractivity contribution is 7.99. The Labute approximate surface area is 142 Å². The van der Waals surface area contributed by atoms with E-state index in [1.165, 1.54) is 0 Å². The lowest BCUT2D eigenvalue weighted by atomic mass is 10.0. The van der Waals surface area contributed by atoms with E-state index in [0.717, 1.165) is 48.8 Å². The second-order valence-corrected chi connectivity index (χ2v) is 6.83. The third-order valence-electron chi connectivity index (χ3n) is 3.95. The smallest absolute Gasteiger partial charge is 0.319 e. The summed E-state index contributed by atoms with van der Waals surface area (Å²) in [4.78, 5) is 12.0. The first-order valence-electron chi connectivity index (χ1n) is 8.08. The van der Waals surface area contributed by atoms with Gasteiger partial charge in [-0.25, -0.2) is 4.79 Å². The van der Waals surface area contributed by atoms with Gasteiger partial charge in [0.15, 0.2) is 0 Å². The average molecular weight is 338 g/mol. The van der Waals surface area contributed by atoms with Crippen molar-refractivity contribution in [2.24, 2.45) is 0 Å². The van der Waals surface area contributed by atoms with Gasteiger partial charge in [0.1, 0.15) is 5.75 Å². The molecule has 2 N–H and O–H groups in total. The summed E-state index contributed by atoms with van der Waals surface area (Å²) in [7, 11) is 1.71. The third kappa shape index (κ3) is 5.62. The summed E-state index contributed by atoms with van der Waals surface area (Å²) in [5.41, 5.74) is 0.525. The Balaban J connectivity index is 1.76. The standard InChI is InChI=1S/C17H26N2O3S/c1-3-4-10-22-15-7-5-14(6-8-15)19-16(20)18-12-17(21-2)9-11-23-13-17/h5-8H,3-4,9-13H2,1-2H3,(H2,18,19,20). The molecule has 1 aromatic carbocycles. The Kier molecular flexibility index (Phi) is 7.05. The van der Waals surface area contributed by atoms with Crippen LogP contribution < -0.4 is 15.4 Å². The lowest BCUT2D eigenvalue weighted by Gasteiger charge is -2.26. The Morgan fingerprint density at radius 1 is 1.35 bits per heavy atom. The molecule has 1 aliphatic rings. The van der Waals surface area contributed by atoms with Gasteiger partial charge in [-0.3, -0.25) is 0 Å². The molecule has 1 aliphatic heterocycles. The molecule has 2 rings (SSSR count). The Morgan fingerprint density at radius 3 is 2.74 bits per heavy atom. The van der Waals surface area contributed by atoms with Crippen LogP contribution in [0.25, 0.3) is 0 Å². The van der Waals surface area contributed by atoms with Crippen molar-refractivity contribution in [3.05, 3.63) is 24.3 Å². The van der Waals surface area contributed by atoms with Gasteiger partial charge in [-0.15, -0.1) is 0 Å². The van der Waals surface area contributed by atoms with Crippen molar-refractivity contribution in [3.63, 3.8) is 0 Å². The van der Waals surface area contributed by atoms with Gasteiger partial charge < -0.3 is 20.1 Å². The molecule has 2 amide bonds. The highest BCUT2D eigenvalue weighted by Crippen LogP contribution is 2.30. The number of hydrogen-bond donors (Lipinski definition) is 2. The van der Waals surface area contributed by atoms with Gasteiger partial charge >= 0.3 is 6.03 Å². The molecule has 0 spiro atoms. The summed E-state index contributed by atoms with van der Waals surface area (Å²) in [6.07, 6.45) is 3.13. The van der Waals surface area contributed by atoms with Crippen LogP contribution in [0.5, 0.6) is 5.75 Å². The van der Waals surface area contributed by atoms with Crippen LogP contribution in [0.4, 0.5) is 10.5 Å². The highest BCUT2D eigenvalue weighted by atomic mass is 32.2. The molecule has 1 saturated heterocycles. The zero-order valence-corrected chi connectivity index (χ0v) is 14.7. The summed E-state index contributed by atoms with van der Waals surface area (Å²) in [6, 6.07) is 7.22. The number of anilines is 1. The number of thioether (sulfide) groups is 1. The maximum atomic E-state index is 12.0. The summed E-state index contributed by atoms with van der Waals surface area (Å²) >= 11 is 1.86. The fourth-order valence-electron chi connectivity index (χ4n) is 2.35. The minimum atomic E-state index is -0.223. The molecule has 0 bridgehead atoms. The number of carbonyl (C=O) groups is 1. The van der Waals surface area contributed by atoms with Crippen molar-refractivity contribution in [2.75, 3.05) is 37.1 Å². The van der Waals surface area contributed by atoms with Crippen LogP contribution in [0, 0.1) is 0 Å². The number of methoxy groups -OCH3 is 1. The van der Waals surface area contributed by atoms with Crippen molar-refractivity contribution in [1.29, 1.82) is 0 Å². The molecule has 0 aliphatic carbocycles. The van der Waals surface area contributed by atoms with Gasteiger partial charge in [-0.05, 0) is 42.9 Å². The number of benzene rings is 1. The molecule has 5 nitrogen and oxygen atoms in total. The lowest BCUT2D eigenvalue weighted by molar-refractivity contribution is 0.0161. The Bertz CT molecular complexity index is 487. The molecule has 1 atom stereocenters. The highest BCUT2D eigenvalue weighted by Gasteiger charge is 2.34. The zero-order chi connectivity index (χ0) is 16.5. The van der Waals surface area contributed by atoms with Crippen LogP contribution in [-0.2, 0) is 4.74 Å². The van der Waals surface area contributed by atoms with E-state index in [9.17, 15) is 4.79 Å². The first-order valence-corrected chi connectivity index (χ1v) is 9.23. The van der Waals surface area contributed by atoms with Crippen LogP contribution in [0.3, 0.4) is 0 Å². The second-order valence-electron chi connectivity index (χ2n) is 5.72. The molecule has 0 saturated carbocycles. The van der Waals surface area contributed by atoms with E-state index in [1.807, 2.05) is 36.0 Å². The third-order valence-corrected chi connectivity index (χ3v) is 5.17. The van der Waals surface area contributed by atoms with Gasteiger partial charge in [0.2, 0.25) is 0 Å². The second kappa shape index (κ2) is 9.03.